The highest BCUT2D eigenvalue weighted by atomic mass is 79.9. The van der Waals surface area contributed by atoms with Crippen LogP contribution in [0.1, 0.15) is 36.2 Å². The van der Waals surface area contributed by atoms with E-state index in [9.17, 15) is 9.59 Å². The Balaban J connectivity index is 2.48. The van der Waals surface area contributed by atoms with Crippen molar-refractivity contribution in [3.63, 3.8) is 0 Å². The van der Waals surface area contributed by atoms with Crippen molar-refractivity contribution in [2.24, 2.45) is 0 Å². The van der Waals surface area contributed by atoms with Crippen molar-refractivity contribution in [2.75, 3.05) is 6.54 Å². The molecule has 0 aliphatic carbocycles. The summed E-state index contributed by atoms with van der Waals surface area (Å²) in [5.74, 6) is -0.230. The Bertz CT molecular complexity index is 473. The van der Waals surface area contributed by atoms with Gasteiger partial charge >= 0.3 is 0 Å². The lowest BCUT2D eigenvalue weighted by atomic mass is 10.1. The first-order chi connectivity index (χ1) is 8.90. The molecule has 0 atom stereocenters. The summed E-state index contributed by atoms with van der Waals surface area (Å²) in [5, 5.41) is 5.52. The Kier molecular flexibility index (Phi) is 6.02. The molecule has 0 bridgehead atoms. The standard InChI is InChI=1S/C14H19BrN2O2/c1-9(2)17-13(18)6-7-16-14(19)11-8-10(3)4-5-12(11)15/h4-5,8-9H,6-7H2,1-3H3,(H,16,19)(H,17,18). The van der Waals surface area contributed by atoms with E-state index in [4.69, 9.17) is 0 Å². The van der Waals surface area contributed by atoms with E-state index in [1.165, 1.54) is 0 Å². The van der Waals surface area contributed by atoms with Crippen LogP contribution in [0.2, 0.25) is 0 Å². The molecule has 1 rings (SSSR count). The highest BCUT2D eigenvalue weighted by Crippen LogP contribution is 2.17. The number of aryl methyl sites for hydroxylation is 1. The van der Waals surface area contributed by atoms with E-state index >= 15 is 0 Å². The number of rotatable bonds is 5. The highest BCUT2D eigenvalue weighted by molar-refractivity contribution is 9.10. The summed E-state index contributed by atoms with van der Waals surface area (Å²) >= 11 is 3.34. The van der Waals surface area contributed by atoms with Gasteiger partial charge in [-0.1, -0.05) is 11.6 Å². The average Bonchev–Trinajstić information content (AvgIpc) is 2.31. The van der Waals surface area contributed by atoms with Crippen molar-refractivity contribution in [1.82, 2.24) is 10.6 Å². The Hall–Kier alpha value is -1.36. The summed E-state index contributed by atoms with van der Waals surface area (Å²) in [6.07, 6.45) is 0.285. The molecule has 1 aromatic carbocycles. The maximum atomic E-state index is 11.9. The van der Waals surface area contributed by atoms with Gasteiger partial charge in [0.1, 0.15) is 0 Å². The quantitative estimate of drug-likeness (QED) is 0.872. The van der Waals surface area contributed by atoms with Crippen LogP contribution >= 0.6 is 15.9 Å². The normalized spacial score (nSPS) is 10.4. The van der Waals surface area contributed by atoms with Crippen LogP contribution in [0.15, 0.2) is 22.7 Å². The molecule has 0 fully saturated rings. The lowest BCUT2D eigenvalue weighted by Crippen LogP contribution is -2.34. The summed E-state index contributed by atoms with van der Waals surface area (Å²) in [6, 6.07) is 5.70. The van der Waals surface area contributed by atoms with Gasteiger partial charge in [-0.15, -0.1) is 0 Å². The van der Waals surface area contributed by atoms with E-state index < -0.39 is 0 Å². The van der Waals surface area contributed by atoms with E-state index in [1.807, 2.05) is 39.0 Å². The maximum absolute atomic E-state index is 11.9. The predicted molar refractivity (Wildman–Crippen MR) is 79.1 cm³/mol. The van der Waals surface area contributed by atoms with Gasteiger partial charge in [0.15, 0.2) is 0 Å². The van der Waals surface area contributed by atoms with Gasteiger partial charge in [0, 0.05) is 23.5 Å². The van der Waals surface area contributed by atoms with Gasteiger partial charge < -0.3 is 10.6 Å². The summed E-state index contributed by atoms with van der Waals surface area (Å²) < 4.78 is 0.752. The smallest absolute Gasteiger partial charge is 0.252 e. The van der Waals surface area contributed by atoms with E-state index in [0.717, 1.165) is 10.0 Å². The minimum atomic E-state index is -0.173. The monoisotopic (exact) mass is 326 g/mol. The fraction of sp³-hybridized carbons (Fsp3) is 0.429. The first kappa shape index (κ1) is 15.7. The number of hydrogen-bond donors (Lipinski definition) is 2. The summed E-state index contributed by atoms with van der Waals surface area (Å²) in [7, 11) is 0. The Morgan fingerprint density at radius 2 is 2.00 bits per heavy atom. The van der Waals surface area contributed by atoms with E-state index in [0.29, 0.717) is 12.1 Å². The molecule has 0 aliphatic rings. The number of halogens is 1. The molecule has 0 heterocycles. The van der Waals surface area contributed by atoms with Crippen molar-refractivity contribution in [1.29, 1.82) is 0 Å². The van der Waals surface area contributed by atoms with Crippen molar-refractivity contribution >= 4 is 27.7 Å². The van der Waals surface area contributed by atoms with Crippen molar-refractivity contribution in [3.8, 4) is 0 Å². The average molecular weight is 327 g/mol. The molecule has 0 aliphatic heterocycles. The van der Waals surface area contributed by atoms with Gasteiger partial charge in [-0.2, -0.15) is 0 Å². The highest BCUT2D eigenvalue weighted by Gasteiger charge is 2.10. The van der Waals surface area contributed by atoms with Crippen LogP contribution in [0.5, 0.6) is 0 Å². The van der Waals surface area contributed by atoms with Crippen LogP contribution in [0.25, 0.3) is 0 Å². The van der Waals surface area contributed by atoms with Crippen molar-refractivity contribution in [2.45, 2.75) is 33.2 Å². The Morgan fingerprint density at radius 1 is 1.32 bits per heavy atom. The first-order valence-electron chi connectivity index (χ1n) is 6.24. The third kappa shape index (κ3) is 5.42. The largest absolute Gasteiger partial charge is 0.354 e. The third-order valence-electron chi connectivity index (χ3n) is 2.45. The molecule has 19 heavy (non-hydrogen) atoms. The Labute approximate surface area is 122 Å². The summed E-state index contributed by atoms with van der Waals surface area (Å²) in [5.41, 5.74) is 1.61. The minimum Gasteiger partial charge on any atom is -0.354 e. The SMILES string of the molecule is Cc1ccc(Br)c(C(=O)NCCC(=O)NC(C)C)c1. The van der Waals surface area contributed by atoms with Crippen LogP contribution in [-0.4, -0.2) is 24.4 Å². The molecule has 1 aromatic rings. The molecule has 4 nitrogen and oxygen atoms in total. The summed E-state index contributed by atoms with van der Waals surface area (Å²) in [4.78, 5) is 23.4. The number of carbonyl (C=O) groups excluding carboxylic acids is 2. The first-order valence-corrected chi connectivity index (χ1v) is 7.03. The molecule has 104 valence electrons. The van der Waals surface area contributed by atoms with Crippen LogP contribution < -0.4 is 10.6 Å². The van der Waals surface area contributed by atoms with Gasteiger partial charge in [0.2, 0.25) is 5.91 Å². The summed E-state index contributed by atoms with van der Waals surface area (Å²) in [6.45, 7) is 6.07. The van der Waals surface area contributed by atoms with Gasteiger partial charge in [0.25, 0.3) is 5.91 Å². The van der Waals surface area contributed by atoms with Crippen LogP contribution in [0.4, 0.5) is 0 Å². The van der Waals surface area contributed by atoms with Gasteiger partial charge in [-0.05, 0) is 48.8 Å². The number of benzene rings is 1. The fourth-order valence-corrected chi connectivity index (χ4v) is 2.02. The van der Waals surface area contributed by atoms with E-state index in [1.54, 1.807) is 0 Å². The molecular weight excluding hydrogens is 308 g/mol. The molecule has 0 unspecified atom stereocenters. The molecule has 0 saturated carbocycles. The number of carbonyl (C=O) groups is 2. The van der Waals surface area contributed by atoms with Crippen LogP contribution in [-0.2, 0) is 4.79 Å². The zero-order chi connectivity index (χ0) is 14.4. The maximum Gasteiger partial charge on any atom is 0.252 e. The fourth-order valence-electron chi connectivity index (χ4n) is 1.59. The number of amides is 2. The molecule has 2 N–H and O–H groups in total. The zero-order valence-corrected chi connectivity index (χ0v) is 13.0. The van der Waals surface area contributed by atoms with Crippen LogP contribution in [0.3, 0.4) is 0 Å². The zero-order valence-electron chi connectivity index (χ0n) is 11.4. The molecule has 2 amide bonds. The van der Waals surface area contributed by atoms with Gasteiger partial charge in [-0.25, -0.2) is 0 Å². The van der Waals surface area contributed by atoms with Crippen molar-refractivity contribution < 1.29 is 9.59 Å². The third-order valence-corrected chi connectivity index (χ3v) is 3.15. The number of nitrogens with one attached hydrogen (secondary N) is 2. The molecule has 0 spiro atoms. The molecule has 0 saturated heterocycles. The van der Waals surface area contributed by atoms with E-state index in [-0.39, 0.29) is 24.3 Å². The second kappa shape index (κ2) is 7.28. The molecule has 5 heteroatoms. The second-order valence-corrected chi connectivity index (χ2v) is 5.57. The molecule has 0 aromatic heterocycles. The van der Waals surface area contributed by atoms with Crippen molar-refractivity contribution in [3.05, 3.63) is 33.8 Å². The van der Waals surface area contributed by atoms with Gasteiger partial charge in [0.05, 0.1) is 5.56 Å². The van der Waals surface area contributed by atoms with Crippen LogP contribution in [0, 0.1) is 6.92 Å². The minimum absolute atomic E-state index is 0.0568. The number of hydrogen-bond acceptors (Lipinski definition) is 2. The lowest BCUT2D eigenvalue weighted by molar-refractivity contribution is -0.121. The Morgan fingerprint density at radius 3 is 2.63 bits per heavy atom. The van der Waals surface area contributed by atoms with E-state index in [2.05, 4.69) is 26.6 Å². The molecule has 0 radical (unpaired) electrons. The second-order valence-electron chi connectivity index (χ2n) is 4.71. The van der Waals surface area contributed by atoms with Gasteiger partial charge in [-0.3, -0.25) is 9.59 Å². The predicted octanol–water partition coefficient (Wildman–Crippen LogP) is 2.40. The topological polar surface area (TPSA) is 58.2 Å². The molecular formula is C14H19BrN2O2. The lowest BCUT2D eigenvalue weighted by Gasteiger charge is -2.10.